The Labute approximate surface area is 169 Å². The number of imide groups is 1. The van der Waals surface area contributed by atoms with E-state index >= 15 is 0 Å². The Hall–Kier alpha value is -3.16. The number of rotatable bonds is 7. The Morgan fingerprint density at radius 2 is 1.93 bits per heavy atom. The highest BCUT2D eigenvalue weighted by molar-refractivity contribution is 6.07. The molecule has 2 heterocycles. The SMILES string of the molecule is O=C(NCCCN1C(=O)NC2(CCCC2)C1=O)c1ccc(Cn2cccn2)cc1. The molecule has 1 saturated heterocycles. The van der Waals surface area contributed by atoms with E-state index in [1.165, 1.54) is 4.90 Å². The quantitative estimate of drug-likeness (QED) is 0.553. The van der Waals surface area contributed by atoms with Gasteiger partial charge in [0.1, 0.15) is 5.54 Å². The molecule has 4 amide bonds. The smallest absolute Gasteiger partial charge is 0.325 e. The van der Waals surface area contributed by atoms with Gasteiger partial charge in [0.05, 0.1) is 6.54 Å². The molecule has 0 unspecified atom stereocenters. The molecular weight excluding hydrogens is 370 g/mol. The molecule has 1 saturated carbocycles. The molecule has 4 rings (SSSR count). The van der Waals surface area contributed by atoms with Gasteiger partial charge < -0.3 is 10.6 Å². The Balaban J connectivity index is 1.23. The number of aromatic nitrogens is 2. The molecule has 1 aromatic carbocycles. The average Bonchev–Trinajstić information content (AvgIpc) is 3.44. The first-order chi connectivity index (χ1) is 14.1. The van der Waals surface area contributed by atoms with Crippen molar-refractivity contribution in [3.05, 3.63) is 53.9 Å². The zero-order valence-electron chi connectivity index (χ0n) is 16.3. The van der Waals surface area contributed by atoms with Crippen LogP contribution < -0.4 is 10.6 Å². The fourth-order valence-corrected chi connectivity index (χ4v) is 4.08. The molecule has 0 radical (unpaired) electrons. The molecule has 2 fully saturated rings. The highest BCUT2D eigenvalue weighted by atomic mass is 16.2. The number of nitrogens with zero attached hydrogens (tertiary/aromatic N) is 3. The summed E-state index contributed by atoms with van der Waals surface area (Å²) in [4.78, 5) is 38.3. The number of carbonyl (C=O) groups excluding carboxylic acids is 3. The first kappa shape index (κ1) is 19.2. The van der Waals surface area contributed by atoms with E-state index in [2.05, 4.69) is 15.7 Å². The van der Waals surface area contributed by atoms with E-state index in [1.54, 1.807) is 18.3 Å². The summed E-state index contributed by atoms with van der Waals surface area (Å²) in [5.74, 6) is -0.279. The van der Waals surface area contributed by atoms with Gasteiger partial charge in [-0.3, -0.25) is 19.2 Å². The fourth-order valence-electron chi connectivity index (χ4n) is 4.08. The zero-order valence-corrected chi connectivity index (χ0v) is 16.3. The minimum absolute atomic E-state index is 0.112. The van der Waals surface area contributed by atoms with Gasteiger partial charge in [0.25, 0.3) is 11.8 Å². The van der Waals surface area contributed by atoms with Gasteiger partial charge in [-0.05, 0) is 43.0 Å². The second-order valence-electron chi connectivity index (χ2n) is 7.69. The minimum Gasteiger partial charge on any atom is -0.352 e. The molecule has 0 bridgehead atoms. The lowest BCUT2D eigenvalue weighted by Crippen LogP contribution is -2.44. The molecule has 1 aliphatic carbocycles. The number of amides is 4. The van der Waals surface area contributed by atoms with Gasteiger partial charge in [-0.2, -0.15) is 5.10 Å². The lowest BCUT2D eigenvalue weighted by atomic mass is 9.98. The highest BCUT2D eigenvalue weighted by Crippen LogP contribution is 2.34. The van der Waals surface area contributed by atoms with E-state index in [4.69, 9.17) is 0 Å². The molecule has 2 aromatic rings. The highest BCUT2D eigenvalue weighted by Gasteiger charge is 2.51. The second kappa shape index (κ2) is 8.06. The molecule has 29 heavy (non-hydrogen) atoms. The monoisotopic (exact) mass is 395 g/mol. The third kappa shape index (κ3) is 4.01. The molecule has 8 nitrogen and oxygen atoms in total. The van der Waals surface area contributed by atoms with Crippen molar-refractivity contribution in [1.29, 1.82) is 0 Å². The topological polar surface area (TPSA) is 96.3 Å². The third-order valence-corrected chi connectivity index (χ3v) is 5.67. The van der Waals surface area contributed by atoms with Gasteiger partial charge in [0.15, 0.2) is 0 Å². The van der Waals surface area contributed by atoms with Crippen LogP contribution in [0.5, 0.6) is 0 Å². The number of benzene rings is 1. The van der Waals surface area contributed by atoms with E-state index in [-0.39, 0.29) is 17.8 Å². The fraction of sp³-hybridized carbons (Fsp3) is 0.429. The van der Waals surface area contributed by atoms with Gasteiger partial charge in [-0.25, -0.2) is 4.79 Å². The molecule has 1 spiro atoms. The summed E-state index contributed by atoms with van der Waals surface area (Å²) in [6.07, 6.45) is 7.53. The number of nitrogens with one attached hydrogen (secondary N) is 2. The van der Waals surface area contributed by atoms with Gasteiger partial charge in [0, 0.05) is 31.0 Å². The summed E-state index contributed by atoms with van der Waals surface area (Å²) in [6, 6.07) is 8.95. The van der Waals surface area contributed by atoms with Crippen molar-refractivity contribution in [2.75, 3.05) is 13.1 Å². The maximum absolute atomic E-state index is 12.6. The molecule has 2 aliphatic rings. The second-order valence-corrected chi connectivity index (χ2v) is 7.69. The van der Waals surface area contributed by atoms with Crippen molar-refractivity contribution in [3.8, 4) is 0 Å². The van der Waals surface area contributed by atoms with Crippen LogP contribution >= 0.6 is 0 Å². The first-order valence-corrected chi connectivity index (χ1v) is 10.1. The van der Waals surface area contributed by atoms with E-state index in [9.17, 15) is 14.4 Å². The Morgan fingerprint density at radius 1 is 1.17 bits per heavy atom. The first-order valence-electron chi connectivity index (χ1n) is 10.1. The van der Waals surface area contributed by atoms with E-state index < -0.39 is 5.54 Å². The molecule has 152 valence electrons. The zero-order chi connectivity index (χ0) is 20.3. The molecule has 8 heteroatoms. The van der Waals surface area contributed by atoms with Gasteiger partial charge in [-0.1, -0.05) is 25.0 Å². The van der Waals surface area contributed by atoms with Crippen molar-refractivity contribution < 1.29 is 14.4 Å². The lowest BCUT2D eigenvalue weighted by molar-refractivity contribution is -0.131. The van der Waals surface area contributed by atoms with Gasteiger partial charge in [0.2, 0.25) is 0 Å². The van der Waals surface area contributed by atoms with Crippen LogP contribution in [0.2, 0.25) is 0 Å². The summed E-state index contributed by atoms with van der Waals surface area (Å²) in [6.45, 7) is 1.37. The van der Waals surface area contributed by atoms with Crippen LogP contribution in [0, 0.1) is 0 Å². The number of carbonyl (C=O) groups is 3. The largest absolute Gasteiger partial charge is 0.352 e. The molecule has 1 aromatic heterocycles. The van der Waals surface area contributed by atoms with Crippen LogP contribution in [0.3, 0.4) is 0 Å². The Bertz CT molecular complexity index is 886. The molecule has 0 atom stereocenters. The maximum Gasteiger partial charge on any atom is 0.325 e. The van der Waals surface area contributed by atoms with E-state index in [0.29, 0.717) is 31.6 Å². The Kier molecular flexibility index (Phi) is 5.33. The summed E-state index contributed by atoms with van der Waals surface area (Å²) in [5.41, 5.74) is 0.969. The van der Waals surface area contributed by atoms with Crippen molar-refractivity contribution in [2.45, 2.75) is 44.2 Å². The Morgan fingerprint density at radius 3 is 2.62 bits per heavy atom. The van der Waals surface area contributed by atoms with Crippen LogP contribution in [0.1, 0.15) is 48.0 Å². The lowest BCUT2D eigenvalue weighted by Gasteiger charge is -2.20. The molecule has 1 aliphatic heterocycles. The van der Waals surface area contributed by atoms with Crippen molar-refractivity contribution in [1.82, 2.24) is 25.3 Å². The van der Waals surface area contributed by atoms with Crippen molar-refractivity contribution in [3.63, 3.8) is 0 Å². The van der Waals surface area contributed by atoms with Crippen molar-refractivity contribution in [2.24, 2.45) is 0 Å². The van der Waals surface area contributed by atoms with E-state index in [0.717, 1.165) is 31.2 Å². The van der Waals surface area contributed by atoms with Crippen LogP contribution in [-0.4, -0.2) is 51.2 Å². The maximum atomic E-state index is 12.6. The predicted octanol–water partition coefficient (Wildman–Crippen LogP) is 1.92. The number of hydrogen-bond donors (Lipinski definition) is 2. The molecular formula is C21H25N5O3. The summed E-state index contributed by atoms with van der Waals surface area (Å²) < 4.78 is 1.82. The van der Waals surface area contributed by atoms with Crippen LogP contribution in [0.15, 0.2) is 42.7 Å². The summed E-state index contributed by atoms with van der Waals surface area (Å²) >= 11 is 0. The van der Waals surface area contributed by atoms with Crippen LogP contribution in [0.4, 0.5) is 4.79 Å². The van der Waals surface area contributed by atoms with Crippen molar-refractivity contribution >= 4 is 17.8 Å². The molecule has 2 N–H and O–H groups in total. The number of hydrogen-bond acceptors (Lipinski definition) is 4. The summed E-state index contributed by atoms with van der Waals surface area (Å²) in [7, 11) is 0. The van der Waals surface area contributed by atoms with E-state index in [1.807, 2.05) is 29.1 Å². The standard InChI is InChI=1S/C21H25N5O3/c27-18(17-7-5-16(6-8-17)15-25-13-4-12-23-25)22-11-3-14-26-19(28)21(24-20(26)29)9-1-2-10-21/h4-8,12-13H,1-3,9-11,14-15H2,(H,22,27)(H,24,29). The van der Waals surface area contributed by atoms with Crippen LogP contribution in [-0.2, 0) is 11.3 Å². The number of urea groups is 1. The van der Waals surface area contributed by atoms with Gasteiger partial charge >= 0.3 is 6.03 Å². The minimum atomic E-state index is -0.668. The normalized spacial score (nSPS) is 17.7. The third-order valence-electron chi connectivity index (χ3n) is 5.67. The van der Waals surface area contributed by atoms with Gasteiger partial charge in [-0.15, -0.1) is 0 Å². The van der Waals surface area contributed by atoms with Crippen LogP contribution in [0.25, 0.3) is 0 Å². The predicted molar refractivity (Wildman–Crippen MR) is 106 cm³/mol. The average molecular weight is 395 g/mol. The summed E-state index contributed by atoms with van der Waals surface area (Å²) in [5, 5.41) is 9.89.